The number of piperazine rings is 1. The summed E-state index contributed by atoms with van der Waals surface area (Å²) in [6.07, 6.45) is 0.459. The lowest BCUT2D eigenvalue weighted by Gasteiger charge is -2.44. The highest BCUT2D eigenvalue weighted by Gasteiger charge is 2.36. The summed E-state index contributed by atoms with van der Waals surface area (Å²) in [6.45, 7) is 8.82. The van der Waals surface area contributed by atoms with Crippen LogP contribution in [0.25, 0.3) is 0 Å². The average Bonchev–Trinajstić information content (AvgIpc) is 2.61. The van der Waals surface area contributed by atoms with Gasteiger partial charge in [-0.1, -0.05) is 30.3 Å². The van der Waals surface area contributed by atoms with Gasteiger partial charge in [0, 0.05) is 44.2 Å². The number of hydrogen-bond donors (Lipinski definition) is 3. The van der Waals surface area contributed by atoms with E-state index in [2.05, 4.69) is 33.2 Å². The summed E-state index contributed by atoms with van der Waals surface area (Å²) in [5.41, 5.74) is 6.85. The number of hydrazine groups is 1. The number of nitrogens with zero attached hydrogens (tertiary/aromatic N) is 2. The number of benzene rings is 1. The number of carbonyl (C=O) groups excluding carboxylic acids is 2. The molecule has 0 aromatic heterocycles. The fraction of sp³-hybridized carbons (Fsp3) is 0.579. The van der Waals surface area contributed by atoms with Crippen LogP contribution in [-0.2, 0) is 4.79 Å². The van der Waals surface area contributed by atoms with Gasteiger partial charge >= 0.3 is 6.03 Å². The van der Waals surface area contributed by atoms with E-state index >= 15 is 0 Å². The molecular weight excluding hydrogens is 330 g/mol. The summed E-state index contributed by atoms with van der Waals surface area (Å²) in [5, 5.41) is 3.02. The first-order valence-electron chi connectivity index (χ1n) is 9.24. The number of carbonyl (C=O) groups is 2. The van der Waals surface area contributed by atoms with Crippen LogP contribution >= 0.6 is 0 Å². The third kappa shape index (κ3) is 4.53. The van der Waals surface area contributed by atoms with E-state index in [9.17, 15) is 9.59 Å². The summed E-state index contributed by atoms with van der Waals surface area (Å²) < 4.78 is 0. The monoisotopic (exact) mass is 359 g/mol. The van der Waals surface area contributed by atoms with E-state index in [0.29, 0.717) is 19.5 Å². The molecule has 0 bridgehead atoms. The molecule has 2 fully saturated rings. The van der Waals surface area contributed by atoms with Gasteiger partial charge in [0.2, 0.25) is 5.91 Å². The van der Waals surface area contributed by atoms with Crippen LogP contribution in [0, 0.1) is 0 Å². The lowest BCUT2D eigenvalue weighted by molar-refractivity contribution is -0.127. The molecule has 7 nitrogen and oxygen atoms in total. The van der Waals surface area contributed by atoms with Crippen molar-refractivity contribution < 1.29 is 9.59 Å². The Morgan fingerprint density at radius 2 is 1.77 bits per heavy atom. The smallest absolute Gasteiger partial charge is 0.317 e. The number of nitrogens with one attached hydrogen (secondary N) is 3. The van der Waals surface area contributed by atoms with E-state index in [1.807, 2.05) is 43.9 Å². The van der Waals surface area contributed by atoms with Crippen molar-refractivity contribution in [3.8, 4) is 0 Å². The summed E-state index contributed by atoms with van der Waals surface area (Å²) in [7, 11) is 0. The van der Waals surface area contributed by atoms with Crippen LogP contribution in [0.4, 0.5) is 4.79 Å². The Kier molecular flexibility index (Phi) is 5.48. The largest absolute Gasteiger partial charge is 0.333 e. The van der Waals surface area contributed by atoms with E-state index in [4.69, 9.17) is 0 Å². The van der Waals surface area contributed by atoms with Crippen molar-refractivity contribution in [2.45, 2.75) is 44.8 Å². The van der Waals surface area contributed by atoms with E-state index in [1.54, 1.807) is 0 Å². The molecule has 142 valence electrons. The second kappa shape index (κ2) is 7.63. The summed E-state index contributed by atoms with van der Waals surface area (Å²) >= 11 is 0. The first-order chi connectivity index (χ1) is 12.3. The maximum Gasteiger partial charge on any atom is 0.317 e. The fourth-order valence-electron chi connectivity index (χ4n) is 3.58. The van der Waals surface area contributed by atoms with Gasteiger partial charge in [-0.3, -0.25) is 15.1 Å². The van der Waals surface area contributed by atoms with Crippen molar-refractivity contribution in [1.29, 1.82) is 0 Å². The van der Waals surface area contributed by atoms with Crippen LogP contribution in [0.5, 0.6) is 0 Å². The molecule has 1 aromatic rings. The summed E-state index contributed by atoms with van der Waals surface area (Å²) in [5.74, 6) is 0.00934. The Balaban J connectivity index is 1.64. The second-order valence-corrected chi connectivity index (χ2v) is 8.06. The topological polar surface area (TPSA) is 76.7 Å². The maximum absolute atomic E-state index is 12.4. The molecule has 7 heteroatoms. The lowest BCUT2D eigenvalue weighted by atomic mass is 9.93. The van der Waals surface area contributed by atoms with Gasteiger partial charge in [0.25, 0.3) is 0 Å². The third-order valence-electron chi connectivity index (χ3n) is 4.86. The number of amides is 3. The van der Waals surface area contributed by atoms with Crippen LogP contribution in [-0.4, -0.2) is 59.5 Å². The van der Waals surface area contributed by atoms with Gasteiger partial charge in [0.15, 0.2) is 0 Å². The first-order valence-corrected chi connectivity index (χ1v) is 9.24. The van der Waals surface area contributed by atoms with Crippen molar-refractivity contribution in [2.24, 2.45) is 0 Å². The normalized spacial score (nSPS) is 24.9. The van der Waals surface area contributed by atoms with Crippen molar-refractivity contribution in [3.05, 3.63) is 35.9 Å². The molecule has 3 N–H and O–H groups in total. The van der Waals surface area contributed by atoms with E-state index in [-0.39, 0.29) is 29.6 Å². The molecule has 2 atom stereocenters. The fourth-order valence-corrected chi connectivity index (χ4v) is 3.58. The van der Waals surface area contributed by atoms with Crippen LogP contribution < -0.4 is 16.2 Å². The predicted molar refractivity (Wildman–Crippen MR) is 100 cm³/mol. The van der Waals surface area contributed by atoms with Crippen molar-refractivity contribution in [2.75, 3.05) is 26.2 Å². The van der Waals surface area contributed by atoms with Gasteiger partial charge in [-0.2, -0.15) is 0 Å². The first kappa shape index (κ1) is 18.7. The van der Waals surface area contributed by atoms with Gasteiger partial charge in [0.1, 0.15) is 0 Å². The van der Waals surface area contributed by atoms with Crippen LogP contribution in [0.2, 0.25) is 0 Å². The Morgan fingerprint density at radius 3 is 2.38 bits per heavy atom. The molecule has 3 rings (SSSR count). The zero-order valence-electron chi connectivity index (χ0n) is 15.8. The van der Waals surface area contributed by atoms with Gasteiger partial charge in [-0.15, -0.1) is 0 Å². The highest BCUT2D eigenvalue weighted by atomic mass is 16.2. The van der Waals surface area contributed by atoms with Crippen molar-refractivity contribution in [3.63, 3.8) is 0 Å². The maximum atomic E-state index is 12.4. The van der Waals surface area contributed by atoms with Crippen LogP contribution in [0.15, 0.2) is 30.3 Å². The Morgan fingerprint density at radius 1 is 1.12 bits per heavy atom. The molecular formula is C19H29N5O2. The predicted octanol–water partition coefficient (Wildman–Crippen LogP) is 1.25. The van der Waals surface area contributed by atoms with Crippen LogP contribution in [0.1, 0.15) is 38.8 Å². The van der Waals surface area contributed by atoms with Crippen molar-refractivity contribution >= 4 is 11.9 Å². The van der Waals surface area contributed by atoms with Gasteiger partial charge in [0.05, 0.1) is 6.04 Å². The Labute approximate surface area is 155 Å². The number of hydrogen-bond acceptors (Lipinski definition) is 4. The second-order valence-electron chi connectivity index (χ2n) is 8.06. The molecule has 3 amide bonds. The molecule has 0 spiro atoms. The summed E-state index contributed by atoms with van der Waals surface area (Å²) in [6, 6.07) is 10.3. The average molecular weight is 359 g/mol. The van der Waals surface area contributed by atoms with Gasteiger partial charge in [-0.25, -0.2) is 10.2 Å². The molecule has 1 aromatic carbocycles. The lowest BCUT2D eigenvalue weighted by Crippen LogP contribution is -2.62. The molecule has 2 unspecified atom stereocenters. The molecule has 0 saturated carbocycles. The number of rotatable bonds is 2. The van der Waals surface area contributed by atoms with Gasteiger partial charge < -0.3 is 10.2 Å². The molecule has 2 aliphatic rings. The molecule has 0 radical (unpaired) electrons. The highest BCUT2D eigenvalue weighted by Crippen LogP contribution is 2.26. The Hall–Kier alpha value is -2.12. The third-order valence-corrected chi connectivity index (χ3v) is 4.86. The number of urea groups is 1. The SMILES string of the molecule is CC(C)(C)NC(=O)N1CCN(C2CC(=O)NNC2c2ccccc2)CC1. The highest BCUT2D eigenvalue weighted by molar-refractivity contribution is 5.77. The quantitative estimate of drug-likeness (QED) is 0.743. The minimum atomic E-state index is -0.238. The zero-order valence-corrected chi connectivity index (χ0v) is 15.8. The molecule has 2 aliphatic heterocycles. The van der Waals surface area contributed by atoms with E-state index in [0.717, 1.165) is 18.7 Å². The molecule has 2 saturated heterocycles. The van der Waals surface area contributed by atoms with Crippen molar-refractivity contribution in [1.82, 2.24) is 26.0 Å². The van der Waals surface area contributed by atoms with E-state index in [1.165, 1.54) is 0 Å². The molecule has 2 heterocycles. The zero-order chi connectivity index (χ0) is 18.7. The molecule has 0 aliphatic carbocycles. The standard InChI is InChI=1S/C19H29N5O2/c1-19(2,3)20-18(26)24-11-9-23(10-12-24)15-13-16(25)21-22-17(15)14-7-5-4-6-8-14/h4-8,15,17,22H,9-13H2,1-3H3,(H,20,26)(H,21,25). The minimum Gasteiger partial charge on any atom is -0.333 e. The minimum absolute atomic E-state index is 0.00934. The Bertz CT molecular complexity index is 635. The van der Waals surface area contributed by atoms with Gasteiger partial charge in [-0.05, 0) is 26.3 Å². The summed E-state index contributed by atoms with van der Waals surface area (Å²) in [4.78, 5) is 28.5. The van der Waals surface area contributed by atoms with Crippen LogP contribution in [0.3, 0.4) is 0 Å². The van der Waals surface area contributed by atoms with E-state index < -0.39 is 0 Å². The molecule has 26 heavy (non-hydrogen) atoms.